The third kappa shape index (κ3) is 5.15. The fraction of sp³-hybridized carbons (Fsp3) is 0.300. The molecular formula is C20H14F7N5O2. The van der Waals surface area contributed by atoms with Gasteiger partial charge in [-0.1, -0.05) is 17.9 Å². The van der Waals surface area contributed by atoms with Gasteiger partial charge in [-0.15, -0.1) is 5.10 Å². The fourth-order valence-electron chi connectivity index (χ4n) is 2.98. The quantitative estimate of drug-likeness (QED) is 0.496. The Morgan fingerprint density at radius 1 is 1.15 bits per heavy atom. The van der Waals surface area contributed by atoms with E-state index < -0.39 is 59.7 Å². The van der Waals surface area contributed by atoms with E-state index in [-0.39, 0.29) is 5.56 Å². The minimum absolute atomic E-state index is 0.250. The summed E-state index contributed by atoms with van der Waals surface area (Å²) < 4.78 is 97.3. The van der Waals surface area contributed by atoms with Crippen molar-refractivity contribution < 1.29 is 40.9 Å². The molecule has 0 aromatic carbocycles. The van der Waals surface area contributed by atoms with E-state index in [1.807, 2.05) is 5.92 Å². The van der Waals surface area contributed by atoms with Crippen molar-refractivity contribution in [3.05, 3.63) is 71.4 Å². The van der Waals surface area contributed by atoms with Crippen LogP contribution in [0.3, 0.4) is 0 Å². The van der Waals surface area contributed by atoms with Gasteiger partial charge in [-0.25, -0.2) is 13.5 Å². The molecule has 180 valence electrons. The van der Waals surface area contributed by atoms with Gasteiger partial charge in [0.1, 0.15) is 23.7 Å². The van der Waals surface area contributed by atoms with E-state index in [2.05, 4.69) is 20.5 Å². The second kappa shape index (κ2) is 9.35. The third-order valence-corrected chi connectivity index (χ3v) is 4.70. The third-order valence-electron chi connectivity index (χ3n) is 4.70. The first kappa shape index (κ1) is 25.1. The first-order chi connectivity index (χ1) is 15.8. The summed E-state index contributed by atoms with van der Waals surface area (Å²) in [7, 11) is 0. The number of aliphatic hydroxyl groups is 2. The molecule has 2 aromatic rings. The normalized spacial score (nSPS) is 17.4. The molecule has 14 heteroatoms. The highest BCUT2D eigenvalue weighted by atomic mass is 19.4. The van der Waals surface area contributed by atoms with Gasteiger partial charge in [0.15, 0.2) is 5.60 Å². The van der Waals surface area contributed by atoms with Crippen LogP contribution in [0.5, 0.6) is 0 Å². The molecule has 34 heavy (non-hydrogen) atoms. The number of rotatable bonds is 5. The second-order valence-electron chi connectivity index (χ2n) is 7.05. The molecule has 0 saturated carbocycles. The zero-order valence-electron chi connectivity index (χ0n) is 16.8. The Labute approximate surface area is 186 Å². The molecule has 3 rings (SSSR count). The minimum Gasteiger partial charge on any atom is -0.377 e. The standard InChI is InChI=1S/C20H14F7N5O2/c21-13-2-1-3-14(15(22)8-13)18(34,10-32-11-29-30-31-32)19(23,24)16-6-4-12(9-28-16)5-7-17(33)20(25,26)27/h1-2,4,6,8-9,11,17,33-34H,3,10H2. The number of alkyl halides is 5. The zero-order valence-corrected chi connectivity index (χ0v) is 16.8. The number of hydrogen-bond acceptors (Lipinski definition) is 6. The Kier molecular flexibility index (Phi) is 6.89. The van der Waals surface area contributed by atoms with Crippen LogP contribution in [0.15, 0.2) is 60.1 Å². The van der Waals surface area contributed by atoms with Crippen LogP contribution in [0, 0.1) is 11.8 Å². The molecule has 1 aliphatic rings. The number of pyridine rings is 1. The van der Waals surface area contributed by atoms with Gasteiger partial charge in [-0.05, 0) is 35.1 Å². The summed E-state index contributed by atoms with van der Waals surface area (Å²) in [6.07, 6.45) is -4.77. The largest absolute Gasteiger partial charge is 0.425 e. The molecule has 0 amide bonds. The van der Waals surface area contributed by atoms with E-state index >= 15 is 8.78 Å². The lowest BCUT2D eigenvalue weighted by Gasteiger charge is -2.37. The van der Waals surface area contributed by atoms with Crippen molar-refractivity contribution in [2.24, 2.45) is 0 Å². The van der Waals surface area contributed by atoms with Gasteiger partial charge in [0.2, 0.25) is 6.10 Å². The van der Waals surface area contributed by atoms with E-state index in [1.165, 1.54) is 5.92 Å². The fourth-order valence-corrected chi connectivity index (χ4v) is 2.98. The minimum atomic E-state index is -5.00. The van der Waals surface area contributed by atoms with Crippen LogP contribution in [0.1, 0.15) is 17.7 Å². The number of hydrogen-bond donors (Lipinski definition) is 2. The highest BCUT2D eigenvalue weighted by Gasteiger charge is 2.58. The van der Waals surface area contributed by atoms with E-state index in [0.29, 0.717) is 23.0 Å². The molecule has 1 aliphatic carbocycles. The van der Waals surface area contributed by atoms with Crippen molar-refractivity contribution in [3.63, 3.8) is 0 Å². The molecular weight excluding hydrogens is 475 g/mol. The van der Waals surface area contributed by atoms with Crippen LogP contribution in [-0.2, 0) is 12.5 Å². The number of aliphatic hydroxyl groups excluding tert-OH is 1. The molecule has 0 spiro atoms. The molecule has 2 heterocycles. The predicted molar refractivity (Wildman–Crippen MR) is 101 cm³/mol. The Morgan fingerprint density at radius 2 is 1.88 bits per heavy atom. The number of allylic oxidation sites excluding steroid dienone is 5. The van der Waals surface area contributed by atoms with Gasteiger partial charge in [0.05, 0.1) is 6.54 Å². The molecule has 0 radical (unpaired) electrons. The number of halogens is 7. The highest BCUT2D eigenvalue weighted by Crippen LogP contribution is 2.46. The predicted octanol–water partition coefficient (Wildman–Crippen LogP) is 2.90. The number of aromatic nitrogens is 5. The molecule has 0 fully saturated rings. The maximum absolute atomic E-state index is 15.6. The topological polar surface area (TPSA) is 97.0 Å². The van der Waals surface area contributed by atoms with Gasteiger partial charge < -0.3 is 10.2 Å². The summed E-state index contributed by atoms with van der Waals surface area (Å²) in [5.74, 6) is -3.40. The van der Waals surface area contributed by atoms with Gasteiger partial charge in [0.25, 0.3) is 0 Å². The van der Waals surface area contributed by atoms with Crippen molar-refractivity contribution >= 4 is 0 Å². The first-order valence-electron chi connectivity index (χ1n) is 9.31. The van der Waals surface area contributed by atoms with Crippen LogP contribution in [0.4, 0.5) is 30.7 Å². The highest BCUT2D eigenvalue weighted by molar-refractivity contribution is 5.40. The number of nitrogens with zero attached hydrogens (tertiary/aromatic N) is 5. The van der Waals surface area contributed by atoms with Crippen molar-refractivity contribution in [2.75, 3.05) is 0 Å². The lowest BCUT2D eigenvalue weighted by atomic mass is 9.82. The Morgan fingerprint density at radius 3 is 2.47 bits per heavy atom. The summed E-state index contributed by atoms with van der Waals surface area (Å²) in [6.45, 7) is -1.06. The first-order valence-corrected chi connectivity index (χ1v) is 9.31. The Balaban J connectivity index is 2.03. The summed E-state index contributed by atoms with van der Waals surface area (Å²) in [4.78, 5) is 3.46. The lowest BCUT2D eigenvalue weighted by Crippen LogP contribution is -2.51. The lowest BCUT2D eigenvalue weighted by molar-refractivity contribution is -0.184. The second-order valence-corrected chi connectivity index (χ2v) is 7.05. The van der Waals surface area contributed by atoms with E-state index in [9.17, 15) is 27.1 Å². The zero-order chi connectivity index (χ0) is 25.1. The van der Waals surface area contributed by atoms with Crippen molar-refractivity contribution in [2.45, 2.75) is 36.8 Å². The van der Waals surface area contributed by atoms with Crippen LogP contribution in [0.25, 0.3) is 0 Å². The monoisotopic (exact) mass is 489 g/mol. The maximum Gasteiger partial charge on any atom is 0.425 e. The van der Waals surface area contributed by atoms with Crippen LogP contribution < -0.4 is 0 Å². The van der Waals surface area contributed by atoms with E-state index in [1.54, 1.807) is 0 Å². The molecule has 0 saturated heterocycles. The smallest absolute Gasteiger partial charge is 0.377 e. The summed E-state index contributed by atoms with van der Waals surface area (Å²) >= 11 is 0. The molecule has 0 bridgehead atoms. The van der Waals surface area contributed by atoms with Gasteiger partial charge in [0, 0.05) is 23.4 Å². The maximum atomic E-state index is 15.6. The average molecular weight is 489 g/mol. The molecule has 7 nitrogen and oxygen atoms in total. The molecule has 2 N–H and O–H groups in total. The van der Waals surface area contributed by atoms with Gasteiger partial charge >= 0.3 is 12.1 Å². The van der Waals surface area contributed by atoms with Crippen LogP contribution in [0.2, 0.25) is 0 Å². The Bertz CT molecular complexity index is 1180. The van der Waals surface area contributed by atoms with Crippen LogP contribution in [-0.4, -0.2) is 53.3 Å². The number of tetrazole rings is 1. The van der Waals surface area contributed by atoms with Crippen LogP contribution >= 0.6 is 0 Å². The molecule has 0 aliphatic heterocycles. The molecule has 2 aromatic heterocycles. The SMILES string of the molecule is OC(C#Cc1ccc(C(F)(F)C(O)(Cn2cnnn2)C2=C(F)C=C(F)C=CC2)nc1)C(F)(F)F. The summed E-state index contributed by atoms with van der Waals surface area (Å²) in [6, 6.07) is 1.54. The van der Waals surface area contributed by atoms with Crippen molar-refractivity contribution in [1.29, 1.82) is 0 Å². The molecule has 2 atom stereocenters. The average Bonchev–Trinajstić information content (AvgIpc) is 3.20. The van der Waals surface area contributed by atoms with Gasteiger partial charge in [-0.3, -0.25) is 4.98 Å². The van der Waals surface area contributed by atoms with E-state index in [4.69, 9.17) is 5.11 Å². The van der Waals surface area contributed by atoms with Crippen molar-refractivity contribution in [3.8, 4) is 11.8 Å². The van der Waals surface area contributed by atoms with E-state index in [0.717, 1.165) is 24.5 Å². The summed E-state index contributed by atoms with van der Waals surface area (Å²) in [5, 5.41) is 30.0. The Hall–Kier alpha value is -3.57. The summed E-state index contributed by atoms with van der Waals surface area (Å²) in [5.41, 5.74) is -5.57. The van der Waals surface area contributed by atoms with Gasteiger partial charge in [-0.2, -0.15) is 22.0 Å². The van der Waals surface area contributed by atoms with Crippen molar-refractivity contribution in [1.82, 2.24) is 25.2 Å². The molecule has 2 unspecified atom stereocenters.